The highest BCUT2D eigenvalue weighted by molar-refractivity contribution is 6.34. The van der Waals surface area contributed by atoms with Crippen molar-refractivity contribution < 1.29 is 24.0 Å². The van der Waals surface area contributed by atoms with Crippen molar-refractivity contribution in [1.82, 2.24) is 0 Å². The van der Waals surface area contributed by atoms with Crippen molar-refractivity contribution in [3.63, 3.8) is 0 Å². The van der Waals surface area contributed by atoms with Crippen molar-refractivity contribution in [1.29, 1.82) is 5.26 Å². The summed E-state index contributed by atoms with van der Waals surface area (Å²) in [6.45, 7) is -0.604. The second-order valence-corrected chi connectivity index (χ2v) is 5.91. The molecule has 0 aliphatic heterocycles. The standard InChI is InChI=1S/C18H13ClN4O6/c19-14-9-13(23(27)28)5-6-15(14)22-17(25)10-29-18(26)11-1-3-12(4-2-11)21-16(24)7-8-20/h1-6,9H,7,10H2,(H,21,24)(H,22,25). The van der Waals surface area contributed by atoms with E-state index in [1.807, 2.05) is 0 Å². The van der Waals surface area contributed by atoms with E-state index in [9.17, 15) is 24.5 Å². The Kier molecular flexibility index (Phi) is 7.22. The lowest BCUT2D eigenvalue weighted by Gasteiger charge is -2.08. The van der Waals surface area contributed by atoms with Gasteiger partial charge in [-0.05, 0) is 30.3 Å². The first-order valence-corrected chi connectivity index (χ1v) is 8.35. The number of hydrogen-bond donors (Lipinski definition) is 2. The SMILES string of the molecule is N#CCC(=O)Nc1ccc(C(=O)OCC(=O)Nc2ccc([N+](=O)[O-])cc2Cl)cc1. The van der Waals surface area contributed by atoms with E-state index in [0.29, 0.717) is 5.69 Å². The summed E-state index contributed by atoms with van der Waals surface area (Å²) in [5, 5.41) is 23.9. The Bertz CT molecular complexity index is 1000. The summed E-state index contributed by atoms with van der Waals surface area (Å²) >= 11 is 5.87. The maximum atomic E-state index is 12.0. The highest BCUT2D eigenvalue weighted by Crippen LogP contribution is 2.26. The highest BCUT2D eigenvalue weighted by Gasteiger charge is 2.14. The summed E-state index contributed by atoms with van der Waals surface area (Å²) in [7, 11) is 0. The van der Waals surface area contributed by atoms with Crippen molar-refractivity contribution in [2.45, 2.75) is 6.42 Å². The fourth-order valence-electron chi connectivity index (χ4n) is 2.09. The molecule has 0 atom stereocenters. The van der Waals surface area contributed by atoms with Crippen LogP contribution in [0.1, 0.15) is 16.8 Å². The first-order chi connectivity index (χ1) is 13.8. The molecule has 2 amide bonds. The Hall–Kier alpha value is -3.97. The van der Waals surface area contributed by atoms with E-state index in [1.165, 1.54) is 36.4 Å². The Morgan fingerprint density at radius 1 is 1.10 bits per heavy atom. The number of nitrogens with one attached hydrogen (secondary N) is 2. The van der Waals surface area contributed by atoms with Crippen LogP contribution in [0.5, 0.6) is 0 Å². The van der Waals surface area contributed by atoms with E-state index in [2.05, 4.69) is 10.6 Å². The molecular weight excluding hydrogens is 404 g/mol. The van der Waals surface area contributed by atoms with Gasteiger partial charge < -0.3 is 15.4 Å². The Labute approximate surface area is 169 Å². The van der Waals surface area contributed by atoms with Gasteiger partial charge in [0.15, 0.2) is 6.61 Å². The average Bonchev–Trinajstić information content (AvgIpc) is 2.68. The molecule has 0 aliphatic rings. The maximum Gasteiger partial charge on any atom is 0.338 e. The number of nitro groups is 1. The lowest BCUT2D eigenvalue weighted by Crippen LogP contribution is -2.21. The summed E-state index contributed by atoms with van der Waals surface area (Å²) in [4.78, 5) is 45.3. The molecule has 2 N–H and O–H groups in total. The van der Waals surface area contributed by atoms with Gasteiger partial charge in [0.05, 0.1) is 27.3 Å². The van der Waals surface area contributed by atoms with Crippen LogP contribution in [0, 0.1) is 21.4 Å². The Morgan fingerprint density at radius 2 is 1.79 bits per heavy atom. The van der Waals surface area contributed by atoms with Gasteiger partial charge in [-0.3, -0.25) is 19.7 Å². The van der Waals surface area contributed by atoms with Crippen LogP contribution in [0.15, 0.2) is 42.5 Å². The minimum Gasteiger partial charge on any atom is -0.452 e. The van der Waals surface area contributed by atoms with Gasteiger partial charge >= 0.3 is 5.97 Å². The van der Waals surface area contributed by atoms with Gasteiger partial charge in [-0.25, -0.2) is 4.79 Å². The molecule has 11 heteroatoms. The van der Waals surface area contributed by atoms with Crippen LogP contribution < -0.4 is 10.6 Å². The van der Waals surface area contributed by atoms with Gasteiger partial charge in [0.2, 0.25) is 5.91 Å². The second kappa shape index (κ2) is 9.82. The van der Waals surface area contributed by atoms with E-state index >= 15 is 0 Å². The van der Waals surface area contributed by atoms with Gasteiger partial charge in [-0.1, -0.05) is 11.6 Å². The molecule has 2 aromatic carbocycles. The van der Waals surface area contributed by atoms with Crippen molar-refractivity contribution in [3.8, 4) is 6.07 Å². The van der Waals surface area contributed by atoms with Crippen LogP contribution in [0.4, 0.5) is 17.1 Å². The molecule has 0 heterocycles. The molecule has 10 nitrogen and oxygen atoms in total. The fourth-order valence-corrected chi connectivity index (χ4v) is 2.31. The van der Waals surface area contributed by atoms with Crippen LogP contribution >= 0.6 is 11.6 Å². The molecule has 2 aromatic rings. The van der Waals surface area contributed by atoms with Crippen molar-refractivity contribution in [2.24, 2.45) is 0 Å². The largest absolute Gasteiger partial charge is 0.452 e. The molecule has 29 heavy (non-hydrogen) atoms. The number of carbonyl (C=O) groups is 3. The number of nitro benzene ring substituents is 1. The topological polar surface area (TPSA) is 151 Å². The smallest absolute Gasteiger partial charge is 0.338 e. The molecular formula is C18H13ClN4O6. The summed E-state index contributed by atoms with van der Waals surface area (Å²) in [6, 6.07) is 10.9. The molecule has 0 saturated carbocycles. The number of amides is 2. The zero-order chi connectivity index (χ0) is 21.4. The van der Waals surface area contributed by atoms with E-state index < -0.39 is 29.3 Å². The summed E-state index contributed by atoms with van der Waals surface area (Å²) in [5.41, 5.74) is 0.444. The normalized spacial score (nSPS) is 9.79. The molecule has 0 spiro atoms. The Balaban J connectivity index is 1.88. The lowest BCUT2D eigenvalue weighted by molar-refractivity contribution is -0.384. The molecule has 0 bridgehead atoms. The first kappa shape index (κ1) is 21.3. The highest BCUT2D eigenvalue weighted by atomic mass is 35.5. The number of hydrogen-bond acceptors (Lipinski definition) is 7. The third-order valence-corrected chi connectivity index (χ3v) is 3.73. The number of nitrogens with zero attached hydrogens (tertiary/aromatic N) is 2. The predicted molar refractivity (Wildman–Crippen MR) is 102 cm³/mol. The molecule has 0 unspecified atom stereocenters. The van der Waals surface area contributed by atoms with Gasteiger partial charge in [0.25, 0.3) is 11.6 Å². The molecule has 0 aromatic heterocycles. The van der Waals surface area contributed by atoms with Gasteiger partial charge in [-0.2, -0.15) is 5.26 Å². The number of nitriles is 1. The minimum atomic E-state index is -0.773. The zero-order valence-electron chi connectivity index (χ0n) is 14.7. The summed E-state index contributed by atoms with van der Waals surface area (Å²) in [6.07, 6.45) is -0.294. The van der Waals surface area contributed by atoms with E-state index in [0.717, 1.165) is 6.07 Å². The average molecular weight is 417 g/mol. The predicted octanol–water partition coefficient (Wildman–Crippen LogP) is 2.90. The maximum absolute atomic E-state index is 12.0. The number of anilines is 2. The molecule has 2 rings (SSSR count). The number of rotatable bonds is 7. The van der Waals surface area contributed by atoms with E-state index in [-0.39, 0.29) is 28.4 Å². The third kappa shape index (κ3) is 6.30. The number of carbonyl (C=O) groups excluding carboxylic acids is 3. The number of non-ortho nitro benzene ring substituents is 1. The lowest BCUT2D eigenvalue weighted by atomic mass is 10.2. The number of esters is 1. The van der Waals surface area contributed by atoms with Crippen LogP contribution in [0.25, 0.3) is 0 Å². The van der Waals surface area contributed by atoms with E-state index in [1.54, 1.807) is 6.07 Å². The van der Waals surface area contributed by atoms with Crippen LogP contribution in [-0.2, 0) is 14.3 Å². The van der Waals surface area contributed by atoms with Crippen LogP contribution in [-0.4, -0.2) is 29.3 Å². The quantitative estimate of drug-likeness (QED) is 0.400. The van der Waals surface area contributed by atoms with E-state index in [4.69, 9.17) is 21.6 Å². The molecule has 0 radical (unpaired) electrons. The monoisotopic (exact) mass is 416 g/mol. The van der Waals surface area contributed by atoms with Crippen molar-refractivity contribution >= 4 is 46.4 Å². The van der Waals surface area contributed by atoms with Gasteiger partial charge in [-0.15, -0.1) is 0 Å². The molecule has 0 aliphatic carbocycles. The van der Waals surface area contributed by atoms with Crippen molar-refractivity contribution in [2.75, 3.05) is 17.2 Å². The van der Waals surface area contributed by atoms with Gasteiger partial charge in [0.1, 0.15) is 6.42 Å². The third-order valence-electron chi connectivity index (χ3n) is 3.42. The molecule has 0 fully saturated rings. The zero-order valence-corrected chi connectivity index (χ0v) is 15.4. The van der Waals surface area contributed by atoms with Crippen molar-refractivity contribution in [3.05, 3.63) is 63.2 Å². The van der Waals surface area contributed by atoms with Crippen LogP contribution in [0.3, 0.4) is 0 Å². The number of benzene rings is 2. The second-order valence-electron chi connectivity index (χ2n) is 5.51. The summed E-state index contributed by atoms with van der Waals surface area (Å²) < 4.78 is 4.89. The minimum absolute atomic E-state index is 0.0343. The molecule has 0 saturated heterocycles. The van der Waals surface area contributed by atoms with Gasteiger partial charge in [0, 0.05) is 17.8 Å². The first-order valence-electron chi connectivity index (χ1n) is 7.98. The fraction of sp³-hybridized carbons (Fsp3) is 0.111. The number of halogens is 1. The summed E-state index contributed by atoms with van der Waals surface area (Å²) in [5.74, 6) is -1.94. The van der Waals surface area contributed by atoms with Crippen LogP contribution in [0.2, 0.25) is 5.02 Å². The molecule has 148 valence electrons. The Morgan fingerprint density at radius 3 is 2.38 bits per heavy atom. The number of ether oxygens (including phenoxy) is 1.